The van der Waals surface area contributed by atoms with Gasteiger partial charge >= 0.3 is 5.97 Å². The fourth-order valence-electron chi connectivity index (χ4n) is 6.71. The zero-order chi connectivity index (χ0) is 28.7. The van der Waals surface area contributed by atoms with Crippen LogP contribution in [-0.2, 0) is 28.6 Å². The van der Waals surface area contributed by atoms with Gasteiger partial charge < -0.3 is 29.1 Å². The summed E-state index contributed by atoms with van der Waals surface area (Å²) in [5.74, 6) is -2.37. The molecule has 4 aliphatic heterocycles. The van der Waals surface area contributed by atoms with Crippen LogP contribution < -0.4 is 0 Å². The number of halogens is 1. The molecular formula is C29H44BrN3O7. The van der Waals surface area contributed by atoms with E-state index in [1.807, 2.05) is 0 Å². The predicted molar refractivity (Wildman–Crippen MR) is 153 cm³/mol. The largest absolute Gasteiger partial charge is 0.465 e. The first kappa shape index (κ1) is 31.2. The Balaban J connectivity index is 1.60. The van der Waals surface area contributed by atoms with Gasteiger partial charge in [0, 0.05) is 50.7 Å². The zero-order valence-corrected chi connectivity index (χ0v) is 25.0. The molecule has 4 fully saturated rings. The molecule has 2 bridgehead atoms. The highest BCUT2D eigenvalue weighted by Crippen LogP contribution is 2.60. The van der Waals surface area contributed by atoms with Crippen molar-refractivity contribution >= 4 is 33.7 Å². The number of esters is 1. The van der Waals surface area contributed by atoms with E-state index in [1.165, 1.54) is 0 Å². The molecule has 224 valence electrons. The van der Waals surface area contributed by atoms with Crippen LogP contribution in [0.1, 0.15) is 38.5 Å². The predicted octanol–water partition coefficient (Wildman–Crippen LogP) is 1.75. The van der Waals surface area contributed by atoms with Gasteiger partial charge in [-0.1, -0.05) is 40.9 Å². The van der Waals surface area contributed by atoms with Gasteiger partial charge in [0.2, 0.25) is 11.8 Å². The van der Waals surface area contributed by atoms with Gasteiger partial charge in [-0.2, -0.15) is 0 Å². The first-order valence-corrected chi connectivity index (χ1v) is 15.5. The van der Waals surface area contributed by atoms with Crippen molar-refractivity contribution in [2.24, 2.45) is 11.8 Å². The summed E-state index contributed by atoms with van der Waals surface area (Å²) in [5, 5.41) is 9.15. The molecule has 0 radical (unpaired) electrons. The first-order valence-electron chi connectivity index (χ1n) is 14.6. The fourth-order valence-corrected chi connectivity index (χ4v) is 7.66. The van der Waals surface area contributed by atoms with Crippen LogP contribution in [0.3, 0.4) is 0 Å². The summed E-state index contributed by atoms with van der Waals surface area (Å²) >= 11 is 3.70. The topological polar surface area (TPSA) is 109 Å². The summed E-state index contributed by atoms with van der Waals surface area (Å²) in [7, 11) is 0. The van der Waals surface area contributed by atoms with Crippen molar-refractivity contribution in [1.82, 2.24) is 14.7 Å². The van der Waals surface area contributed by atoms with Gasteiger partial charge in [0.15, 0.2) is 0 Å². The highest BCUT2D eigenvalue weighted by Gasteiger charge is 2.77. The average molecular weight is 627 g/mol. The smallest absolute Gasteiger partial charge is 0.312 e. The summed E-state index contributed by atoms with van der Waals surface area (Å²) in [4.78, 5) is 47.3. The molecule has 4 aliphatic rings. The Bertz CT molecular complexity index is 929. The van der Waals surface area contributed by atoms with Crippen LogP contribution in [0.25, 0.3) is 0 Å². The Labute approximate surface area is 245 Å². The molecule has 0 aromatic rings. The van der Waals surface area contributed by atoms with Crippen LogP contribution in [0, 0.1) is 11.8 Å². The van der Waals surface area contributed by atoms with Crippen molar-refractivity contribution < 1.29 is 33.7 Å². The minimum atomic E-state index is -1.10. The summed E-state index contributed by atoms with van der Waals surface area (Å²) in [5.41, 5.74) is -1.10. The molecule has 0 aromatic heterocycles. The fraction of sp³-hybridized carbons (Fsp3) is 0.759. The maximum atomic E-state index is 14.4. The van der Waals surface area contributed by atoms with Gasteiger partial charge in [-0.25, -0.2) is 0 Å². The number of carbonyl (C=O) groups excluding carboxylic acids is 3. The molecule has 3 unspecified atom stereocenters. The van der Waals surface area contributed by atoms with E-state index in [0.717, 1.165) is 25.9 Å². The van der Waals surface area contributed by atoms with E-state index in [-0.39, 0.29) is 29.9 Å². The number of aliphatic hydroxyl groups is 1. The standard InChI is InChI=1S/C29H44BrN3O7/c1-3-5-17-39-28(37)22-23-26(35)33(11-8-6-7-9-16-34)25(29(23)20-21(30)24(22)40-29)27(36)32(10-4-2)13-12-31-14-18-38-19-15-31/h3-4,21-25,34H,1-2,5-20H2/t21?,22-,23+,24-,25?,29?/m1/s1. The number of carbonyl (C=O) groups is 3. The number of likely N-dealkylation sites (tertiary alicyclic amines) is 1. The van der Waals surface area contributed by atoms with Gasteiger partial charge in [-0.05, 0) is 25.7 Å². The van der Waals surface area contributed by atoms with E-state index in [0.29, 0.717) is 65.1 Å². The monoisotopic (exact) mass is 625 g/mol. The van der Waals surface area contributed by atoms with E-state index in [9.17, 15) is 14.4 Å². The van der Waals surface area contributed by atoms with Crippen LogP contribution in [0.2, 0.25) is 0 Å². The van der Waals surface area contributed by atoms with Crippen LogP contribution in [-0.4, -0.2) is 126 Å². The van der Waals surface area contributed by atoms with Gasteiger partial charge in [-0.3, -0.25) is 19.3 Å². The van der Waals surface area contributed by atoms with Crippen molar-refractivity contribution in [3.63, 3.8) is 0 Å². The van der Waals surface area contributed by atoms with Crippen molar-refractivity contribution in [2.75, 3.05) is 65.7 Å². The minimum Gasteiger partial charge on any atom is -0.465 e. The summed E-state index contributed by atoms with van der Waals surface area (Å²) in [6.07, 6.45) is 6.91. The SMILES string of the molecule is C=CCCOC(=O)[C@H]1[C@@H]2OC3(CC2Br)C(C(=O)N(CC=C)CCN2CCOCC2)N(CCCCCCO)C(=O)[C@H]13. The summed E-state index contributed by atoms with van der Waals surface area (Å²) in [6.45, 7) is 12.8. The minimum absolute atomic E-state index is 0.131. The van der Waals surface area contributed by atoms with Crippen molar-refractivity contribution in [2.45, 2.75) is 61.1 Å². The van der Waals surface area contributed by atoms with Crippen LogP contribution >= 0.6 is 15.9 Å². The summed E-state index contributed by atoms with van der Waals surface area (Å²) < 4.78 is 17.6. The number of alkyl halides is 1. The van der Waals surface area contributed by atoms with Crippen molar-refractivity contribution in [3.05, 3.63) is 25.3 Å². The number of fused-ring (bicyclic) bond motifs is 1. The molecule has 0 aliphatic carbocycles. The molecule has 4 heterocycles. The second-order valence-electron chi connectivity index (χ2n) is 11.1. The lowest BCUT2D eigenvalue weighted by molar-refractivity contribution is -0.155. The van der Waals surface area contributed by atoms with Crippen molar-refractivity contribution in [3.8, 4) is 0 Å². The molecule has 1 N–H and O–H groups in total. The van der Waals surface area contributed by atoms with Crippen LogP contribution in [0.5, 0.6) is 0 Å². The van der Waals surface area contributed by atoms with E-state index in [2.05, 4.69) is 34.0 Å². The normalized spacial score (nSPS) is 31.3. The van der Waals surface area contributed by atoms with Gasteiger partial charge in [-0.15, -0.1) is 13.2 Å². The maximum Gasteiger partial charge on any atom is 0.312 e. The first-order chi connectivity index (χ1) is 19.4. The quantitative estimate of drug-likeness (QED) is 0.120. The maximum absolute atomic E-state index is 14.4. The Hall–Kier alpha value is -1.79. The number of unbranched alkanes of at least 4 members (excludes halogenated alkanes) is 3. The lowest BCUT2D eigenvalue weighted by Gasteiger charge is -2.38. The van der Waals surface area contributed by atoms with Crippen molar-refractivity contribution in [1.29, 1.82) is 0 Å². The Morgan fingerprint density at radius 3 is 2.60 bits per heavy atom. The molecule has 4 rings (SSSR count). The molecule has 2 amide bonds. The van der Waals surface area contributed by atoms with Crippen LogP contribution in [0.15, 0.2) is 25.3 Å². The third-order valence-electron chi connectivity index (χ3n) is 8.62. The number of amides is 2. The third-order valence-corrected chi connectivity index (χ3v) is 9.46. The summed E-state index contributed by atoms with van der Waals surface area (Å²) in [6, 6.07) is -0.830. The second-order valence-corrected chi connectivity index (χ2v) is 12.3. The lowest BCUT2D eigenvalue weighted by atomic mass is 9.70. The molecular weight excluding hydrogens is 582 g/mol. The number of hydrogen-bond acceptors (Lipinski definition) is 8. The molecule has 0 aromatic carbocycles. The van der Waals surface area contributed by atoms with Gasteiger partial charge in [0.25, 0.3) is 0 Å². The van der Waals surface area contributed by atoms with E-state index >= 15 is 0 Å². The number of aliphatic hydroxyl groups excluding tert-OH is 1. The number of ether oxygens (including phenoxy) is 3. The average Bonchev–Trinajstić information content (AvgIpc) is 3.54. The Morgan fingerprint density at radius 1 is 1.15 bits per heavy atom. The molecule has 10 nitrogen and oxygen atoms in total. The molecule has 11 heteroatoms. The highest BCUT2D eigenvalue weighted by atomic mass is 79.9. The van der Waals surface area contributed by atoms with E-state index in [1.54, 1.807) is 22.0 Å². The molecule has 0 saturated carbocycles. The molecule has 4 saturated heterocycles. The van der Waals surface area contributed by atoms with Crippen LogP contribution in [0.4, 0.5) is 0 Å². The Morgan fingerprint density at radius 2 is 1.90 bits per heavy atom. The number of nitrogens with zero attached hydrogens (tertiary/aromatic N) is 3. The molecule has 40 heavy (non-hydrogen) atoms. The third kappa shape index (κ3) is 6.33. The second kappa shape index (κ2) is 14.4. The lowest BCUT2D eigenvalue weighted by Crippen LogP contribution is -2.57. The van der Waals surface area contributed by atoms with Gasteiger partial charge in [0.1, 0.15) is 11.6 Å². The number of morpholine rings is 1. The zero-order valence-electron chi connectivity index (χ0n) is 23.4. The van der Waals surface area contributed by atoms with E-state index in [4.69, 9.17) is 19.3 Å². The Kier molecular flexibility index (Phi) is 11.2. The highest BCUT2D eigenvalue weighted by molar-refractivity contribution is 9.09. The number of hydrogen-bond donors (Lipinski definition) is 1. The van der Waals surface area contributed by atoms with E-state index < -0.39 is 35.6 Å². The molecule has 6 atom stereocenters. The molecule has 1 spiro atoms. The number of rotatable bonds is 16. The van der Waals surface area contributed by atoms with Gasteiger partial charge in [0.05, 0.1) is 37.8 Å².